The van der Waals surface area contributed by atoms with Gasteiger partial charge in [-0.05, 0) is 66.8 Å². The number of hydrogen-bond acceptors (Lipinski definition) is 6. The summed E-state index contributed by atoms with van der Waals surface area (Å²) >= 11 is 0. The summed E-state index contributed by atoms with van der Waals surface area (Å²) in [5.41, 5.74) is 2.31. The number of aliphatic hydroxyl groups excluding tert-OH is 1. The topological polar surface area (TPSA) is 111 Å². The predicted octanol–water partition coefficient (Wildman–Crippen LogP) is 3.65. The van der Waals surface area contributed by atoms with Crippen LogP contribution in [0.5, 0.6) is 0 Å². The zero-order chi connectivity index (χ0) is 21.7. The number of pyridine rings is 2. The van der Waals surface area contributed by atoms with Gasteiger partial charge in [-0.15, -0.1) is 0 Å². The Bertz CT molecular complexity index is 1090. The zero-order valence-electron chi connectivity index (χ0n) is 17.0. The minimum Gasteiger partial charge on any atom is -0.393 e. The molecule has 156 valence electrons. The largest absolute Gasteiger partial charge is 0.393 e. The molecule has 1 amide bonds. The summed E-state index contributed by atoms with van der Waals surface area (Å²) in [7, 11) is 0. The molecule has 1 aliphatic carbocycles. The van der Waals surface area contributed by atoms with Crippen molar-refractivity contribution in [3.63, 3.8) is 0 Å². The molecular formula is C24H23N5O2. The van der Waals surface area contributed by atoms with Gasteiger partial charge in [-0.1, -0.05) is 12.1 Å². The third-order valence-electron chi connectivity index (χ3n) is 5.66. The van der Waals surface area contributed by atoms with E-state index in [1.807, 2.05) is 24.3 Å². The number of anilines is 2. The third-order valence-corrected chi connectivity index (χ3v) is 5.66. The Kier molecular flexibility index (Phi) is 5.92. The van der Waals surface area contributed by atoms with Gasteiger partial charge in [0.1, 0.15) is 5.82 Å². The van der Waals surface area contributed by atoms with Crippen molar-refractivity contribution in [1.82, 2.24) is 9.97 Å². The molecule has 1 fully saturated rings. The number of nitrogens with one attached hydrogen (secondary N) is 2. The predicted molar refractivity (Wildman–Crippen MR) is 117 cm³/mol. The summed E-state index contributed by atoms with van der Waals surface area (Å²) in [5.74, 6) is 0.223. The van der Waals surface area contributed by atoms with E-state index in [1.165, 1.54) is 0 Å². The van der Waals surface area contributed by atoms with E-state index in [-0.39, 0.29) is 5.91 Å². The number of hydrogen-bond donors (Lipinski definition) is 3. The van der Waals surface area contributed by atoms with Crippen molar-refractivity contribution in [3.8, 4) is 6.07 Å². The molecule has 1 aromatic carbocycles. The fourth-order valence-corrected chi connectivity index (χ4v) is 3.93. The minimum atomic E-state index is -0.657. The van der Waals surface area contributed by atoms with Gasteiger partial charge < -0.3 is 15.7 Å². The summed E-state index contributed by atoms with van der Waals surface area (Å²) < 4.78 is 0. The van der Waals surface area contributed by atoms with Crippen LogP contribution in [0.15, 0.2) is 67.1 Å². The fourth-order valence-electron chi connectivity index (χ4n) is 3.93. The van der Waals surface area contributed by atoms with Gasteiger partial charge >= 0.3 is 0 Å². The van der Waals surface area contributed by atoms with E-state index in [0.717, 1.165) is 11.1 Å². The minimum absolute atomic E-state index is 0.274. The number of rotatable bonds is 6. The first-order valence-electron chi connectivity index (χ1n) is 10.2. The van der Waals surface area contributed by atoms with Gasteiger partial charge in [0.25, 0.3) is 5.91 Å². The first-order valence-corrected chi connectivity index (χ1v) is 10.2. The van der Waals surface area contributed by atoms with Crippen LogP contribution in [0.4, 0.5) is 11.5 Å². The maximum Gasteiger partial charge on any atom is 0.259 e. The second kappa shape index (κ2) is 8.94. The molecule has 1 saturated carbocycles. The molecule has 0 aliphatic heterocycles. The van der Waals surface area contributed by atoms with Crippen LogP contribution in [0.3, 0.4) is 0 Å². The van der Waals surface area contributed by atoms with E-state index in [9.17, 15) is 15.2 Å². The van der Waals surface area contributed by atoms with Crippen molar-refractivity contribution in [2.24, 2.45) is 0 Å². The van der Waals surface area contributed by atoms with Crippen LogP contribution in [0.1, 0.15) is 40.7 Å². The Morgan fingerprint density at radius 2 is 1.94 bits per heavy atom. The highest BCUT2D eigenvalue weighted by molar-refractivity contribution is 6.07. The van der Waals surface area contributed by atoms with Crippen LogP contribution in [-0.2, 0) is 12.0 Å². The van der Waals surface area contributed by atoms with Gasteiger partial charge in [0.05, 0.1) is 23.2 Å². The molecule has 0 radical (unpaired) electrons. The first kappa shape index (κ1) is 20.5. The lowest BCUT2D eigenvalue weighted by Gasteiger charge is -2.21. The van der Waals surface area contributed by atoms with Crippen molar-refractivity contribution < 1.29 is 9.90 Å². The molecular weight excluding hydrogens is 390 g/mol. The maximum atomic E-state index is 12.9. The first-order chi connectivity index (χ1) is 15.1. The second-order valence-electron chi connectivity index (χ2n) is 7.73. The van der Waals surface area contributed by atoms with Gasteiger partial charge in [-0.2, -0.15) is 5.26 Å². The quantitative estimate of drug-likeness (QED) is 0.569. The van der Waals surface area contributed by atoms with Crippen molar-refractivity contribution >= 4 is 17.4 Å². The molecule has 3 N–H and O–H groups in total. The van der Waals surface area contributed by atoms with Crippen LogP contribution in [0, 0.1) is 11.3 Å². The zero-order valence-corrected chi connectivity index (χ0v) is 17.0. The fraction of sp³-hybridized carbons (Fsp3) is 0.250. The Hall–Kier alpha value is -3.76. The van der Waals surface area contributed by atoms with Crippen LogP contribution in [-0.4, -0.2) is 27.1 Å². The van der Waals surface area contributed by atoms with Crippen molar-refractivity contribution in [2.75, 3.05) is 10.6 Å². The van der Waals surface area contributed by atoms with E-state index < -0.39 is 11.5 Å². The van der Waals surface area contributed by atoms with Gasteiger partial charge in [-0.3, -0.25) is 9.78 Å². The molecule has 1 aliphatic rings. The number of benzene rings is 1. The van der Waals surface area contributed by atoms with Crippen LogP contribution >= 0.6 is 0 Å². The average Bonchev–Trinajstić information content (AvgIpc) is 3.21. The summed E-state index contributed by atoms with van der Waals surface area (Å²) in [5, 5.41) is 25.6. The standard InChI is InChI=1S/C24H23N5O2/c25-16-24(10-7-20(30)14-24)18-3-5-19(6-4-18)29-23(31)21-2-1-11-27-22(21)28-15-17-8-12-26-13-9-17/h1-6,8-9,11-13,20,30H,7,10,14-15H2,(H,27,28)(H,29,31)/t20-,24+/m0/s1. The summed E-state index contributed by atoms with van der Waals surface area (Å²) in [6, 6.07) is 16.9. The molecule has 2 heterocycles. The van der Waals surface area contributed by atoms with Gasteiger partial charge in [0, 0.05) is 30.8 Å². The molecule has 0 bridgehead atoms. The normalized spacial score (nSPS) is 20.1. The Morgan fingerprint density at radius 3 is 2.61 bits per heavy atom. The highest BCUT2D eigenvalue weighted by Crippen LogP contribution is 2.41. The number of nitrogens with zero attached hydrogens (tertiary/aromatic N) is 3. The van der Waals surface area contributed by atoms with Gasteiger partial charge in [0.2, 0.25) is 0 Å². The lowest BCUT2D eigenvalue weighted by molar-refractivity contribution is 0.102. The Labute approximate surface area is 180 Å². The summed E-state index contributed by atoms with van der Waals surface area (Å²) in [6.45, 7) is 0.524. The third kappa shape index (κ3) is 4.55. The van der Waals surface area contributed by atoms with Crippen molar-refractivity contribution in [1.29, 1.82) is 5.26 Å². The summed E-state index contributed by atoms with van der Waals surface area (Å²) in [6.07, 6.45) is 6.34. The molecule has 4 rings (SSSR count). The Balaban J connectivity index is 1.46. The van der Waals surface area contributed by atoms with E-state index in [4.69, 9.17) is 0 Å². The average molecular weight is 413 g/mol. The lowest BCUT2D eigenvalue weighted by Crippen LogP contribution is -2.21. The molecule has 7 heteroatoms. The van der Waals surface area contributed by atoms with E-state index in [1.54, 1.807) is 42.9 Å². The van der Waals surface area contributed by atoms with Crippen LogP contribution in [0.25, 0.3) is 0 Å². The number of carbonyl (C=O) groups excluding carboxylic acids is 1. The van der Waals surface area contributed by atoms with Crippen molar-refractivity contribution in [2.45, 2.75) is 37.3 Å². The number of carbonyl (C=O) groups is 1. The molecule has 0 saturated heterocycles. The molecule has 0 unspecified atom stereocenters. The van der Waals surface area contributed by atoms with E-state index in [0.29, 0.717) is 42.9 Å². The van der Waals surface area contributed by atoms with Gasteiger partial charge in [-0.25, -0.2) is 4.98 Å². The smallest absolute Gasteiger partial charge is 0.259 e. The lowest BCUT2D eigenvalue weighted by atomic mass is 9.80. The molecule has 2 aromatic heterocycles. The second-order valence-corrected chi connectivity index (χ2v) is 7.73. The van der Waals surface area contributed by atoms with E-state index >= 15 is 0 Å². The Morgan fingerprint density at radius 1 is 1.16 bits per heavy atom. The number of aromatic nitrogens is 2. The van der Waals surface area contributed by atoms with Crippen molar-refractivity contribution in [3.05, 3.63) is 83.8 Å². The summed E-state index contributed by atoms with van der Waals surface area (Å²) in [4.78, 5) is 21.2. The maximum absolute atomic E-state index is 12.9. The van der Waals surface area contributed by atoms with Crippen LogP contribution in [0.2, 0.25) is 0 Å². The monoisotopic (exact) mass is 413 g/mol. The molecule has 31 heavy (non-hydrogen) atoms. The molecule has 3 aromatic rings. The number of aliphatic hydroxyl groups is 1. The molecule has 0 spiro atoms. The van der Waals surface area contributed by atoms with Gasteiger partial charge in [0.15, 0.2) is 0 Å². The highest BCUT2D eigenvalue weighted by atomic mass is 16.3. The SMILES string of the molecule is N#C[C@@]1(c2ccc(NC(=O)c3cccnc3NCc3ccncc3)cc2)CC[C@H](O)C1. The number of amides is 1. The molecule has 2 atom stereocenters. The molecule has 7 nitrogen and oxygen atoms in total. The van der Waals surface area contributed by atoms with E-state index in [2.05, 4.69) is 26.7 Å². The highest BCUT2D eigenvalue weighted by Gasteiger charge is 2.40. The van der Waals surface area contributed by atoms with Crippen LogP contribution < -0.4 is 10.6 Å². The number of nitriles is 1.